The van der Waals surface area contributed by atoms with Crippen LogP contribution in [0.1, 0.15) is 25.3 Å². The van der Waals surface area contributed by atoms with Crippen molar-refractivity contribution in [3.8, 4) is 0 Å². The summed E-state index contributed by atoms with van der Waals surface area (Å²) in [5, 5.41) is 2.83. The quantitative estimate of drug-likeness (QED) is 0.884. The van der Waals surface area contributed by atoms with Crippen LogP contribution in [-0.4, -0.2) is 25.0 Å². The van der Waals surface area contributed by atoms with Gasteiger partial charge in [0.2, 0.25) is 5.91 Å². The van der Waals surface area contributed by atoms with E-state index in [4.69, 9.17) is 5.73 Å². The number of hydrogen-bond acceptors (Lipinski definition) is 3. The first kappa shape index (κ1) is 14.7. The highest BCUT2D eigenvalue weighted by molar-refractivity contribution is 5.73. The Bertz CT molecular complexity index is 476. The van der Waals surface area contributed by atoms with Crippen LogP contribution in [-0.2, 0) is 11.3 Å². The van der Waals surface area contributed by atoms with E-state index in [0.29, 0.717) is 31.5 Å². The molecule has 1 aliphatic heterocycles. The molecule has 1 fully saturated rings. The first-order chi connectivity index (χ1) is 9.51. The normalized spacial score (nSPS) is 16.3. The van der Waals surface area contributed by atoms with Gasteiger partial charge in [-0.25, -0.2) is 8.78 Å². The molecule has 110 valence electrons. The highest BCUT2D eigenvalue weighted by atomic mass is 19.1. The van der Waals surface area contributed by atoms with Crippen LogP contribution in [0.2, 0.25) is 0 Å². The summed E-state index contributed by atoms with van der Waals surface area (Å²) in [6, 6.07) is 2.63. The monoisotopic (exact) mass is 283 g/mol. The van der Waals surface area contributed by atoms with Gasteiger partial charge < -0.3 is 16.0 Å². The number of hydrogen-bond donors (Lipinski definition) is 2. The van der Waals surface area contributed by atoms with Crippen LogP contribution in [0.5, 0.6) is 0 Å². The second kappa shape index (κ2) is 6.17. The zero-order chi connectivity index (χ0) is 14.7. The molecular formula is C14H19F2N3O. The van der Waals surface area contributed by atoms with E-state index in [1.165, 1.54) is 19.1 Å². The number of halogens is 2. The standard InChI is InChI=1S/C14H19F2N3O/c1-9(20)18-11-2-4-19(5-3-11)14-12(15)6-10(8-17)7-13(14)16/h6-7,11H,2-5,8,17H2,1H3,(H,18,20). The van der Waals surface area contributed by atoms with Gasteiger partial charge in [-0.3, -0.25) is 4.79 Å². The van der Waals surface area contributed by atoms with E-state index in [0.717, 1.165) is 0 Å². The molecule has 1 amide bonds. The summed E-state index contributed by atoms with van der Waals surface area (Å²) in [4.78, 5) is 12.7. The molecular weight excluding hydrogens is 264 g/mol. The van der Waals surface area contributed by atoms with Crippen molar-refractivity contribution >= 4 is 11.6 Å². The number of rotatable bonds is 3. The summed E-state index contributed by atoms with van der Waals surface area (Å²) in [5.41, 5.74) is 5.84. The van der Waals surface area contributed by atoms with Crippen LogP contribution in [0.4, 0.5) is 14.5 Å². The Morgan fingerprint density at radius 3 is 2.35 bits per heavy atom. The second-order valence-electron chi connectivity index (χ2n) is 5.07. The third-order valence-corrected chi connectivity index (χ3v) is 3.53. The molecule has 1 saturated heterocycles. The Kier molecular flexibility index (Phi) is 4.54. The van der Waals surface area contributed by atoms with Crippen molar-refractivity contribution < 1.29 is 13.6 Å². The number of anilines is 1. The van der Waals surface area contributed by atoms with Gasteiger partial charge >= 0.3 is 0 Å². The number of nitrogens with zero attached hydrogens (tertiary/aromatic N) is 1. The molecule has 0 bridgehead atoms. The molecule has 1 aromatic rings. The van der Waals surface area contributed by atoms with E-state index in [1.54, 1.807) is 4.90 Å². The minimum absolute atomic E-state index is 0.00322. The highest BCUT2D eigenvalue weighted by Crippen LogP contribution is 2.27. The zero-order valence-corrected chi connectivity index (χ0v) is 11.5. The molecule has 4 nitrogen and oxygen atoms in total. The summed E-state index contributed by atoms with van der Waals surface area (Å²) in [6.07, 6.45) is 1.36. The summed E-state index contributed by atoms with van der Waals surface area (Å²) < 4.78 is 28.0. The maximum atomic E-state index is 14.0. The Labute approximate surface area is 116 Å². The fourth-order valence-electron chi connectivity index (χ4n) is 2.57. The van der Waals surface area contributed by atoms with E-state index >= 15 is 0 Å². The molecule has 0 aromatic heterocycles. The van der Waals surface area contributed by atoms with Gasteiger partial charge in [0.05, 0.1) is 0 Å². The molecule has 1 aromatic carbocycles. The highest BCUT2D eigenvalue weighted by Gasteiger charge is 2.24. The SMILES string of the molecule is CC(=O)NC1CCN(c2c(F)cc(CN)cc2F)CC1. The number of benzene rings is 1. The third kappa shape index (κ3) is 3.25. The Morgan fingerprint density at radius 1 is 1.35 bits per heavy atom. The Hall–Kier alpha value is -1.69. The minimum Gasteiger partial charge on any atom is -0.367 e. The minimum atomic E-state index is -0.580. The second-order valence-corrected chi connectivity index (χ2v) is 5.07. The molecule has 6 heteroatoms. The van der Waals surface area contributed by atoms with Crippen molar-refractivity contribution in [2.45, 2.75) is 32.4 Å². The van der Waals surface area contributed by atoms with Crippen LogP contribution in [0.3, 0.4) is 0 Å². The van der Waals surface area contributed by atoms with Crippen LogP contribution in [0.25, 0.3) is 0 Å². The molecule has 0 aliphatic carbocycles. The average Bonchev–Trinajstić information content (AvgIpc) is 2.39. The lowest BCUT2D eigenvalue weighted by Gasteiger charge is -2.34. The average molecular weight is 283 g/mol. The Balaban J connectivity index is 2.09. The predicted octanol–water partition coefficient (Wildman–Crippen LogP) is 1.53. The van der Waals surface area contributed by atoms with Crippen LogP contribution in [0.15, 0.2) is 12.1 Å². The van der Waals surface area contributed by atoms with Gasteiger partial charge in [0.1, 0.15) is 17.3 Å². The summed E-state index contributed by atoms with van der Waals surface area (Å²) >= 11 is 0. The van der Waals surface area contributed by atoms with E-state index < -0.39 is 11.6 Å². The topological polar surface area (TPSA) is 58.4 Å². The number of nitrogens with one attached hydrogen (secondary N) is 1. The lowest BCUT2D eigenvalue weighted by Crippen LogP contribution is -2.44. The van der Waals surface area contributed by atoms with Crippen molar-refractivity contribution in [1.29, 1.82) is 0 Å². The molecule has 0 unspecified atom stereocenters. The molecule has 0 atom stereocenters. The van der Waals surface area contributed by atoms with Crippen molar-refractivity contribution in [3.63, 3.8) is 0 Å². The van der Waals surface area contributed by atoms with Crippen molar-refractivity contribution in [2.75, 3.05) is 18.0 Å². The predicted molar refractivity (Wildman–Crippen MR) is 73.3 cm³/mol. The van der Waals surface area contributed by atoms with Gasteiger partial charge in [0.15, 0.2) is 0 Å². The van der Waals surface area contributed by atoms with E-state index in [9.17, 15) is 13.6 Å². The first-order valence-corrected chi connectivity index (χ1v) is 6.71. The molecule has 0 saturated carbocycles. The number of amides is 1. The van der Waals surface area contributed by atoms with Gasteiger partial charge in [0.25, 0.3) is 0 Å². The van der Waals surface area contributed by atoms with Gasteiger partial charge in [-0.15, -0.1) is 0 Å². The molecule has 1 heterocycles. The first-order valence-electron chi connectivity index (χ1n) is 6.71. The van der Waals surface area contributed by atoms with Gasteiger partial charge in [-0.05, 0) is 30.5 Å². The third-order valence-electron chi connectivity index (χ3n) is 3.53. The lowest BCUT2D eigenvalue weighted by molar-refractivity contribution is -0.119. The lowest BCUT2D eigenvalue weighted by atomic mass is 10.0. The van der Waals surface area contributed by atoms with E-state index in [2.05, 4.69) is 5.32 Å². The van der Waals surface area contributed by atoms with Crippen molar-refractivity contribution in [2.24, 2.45) is 5.73 Å². The molecule has 1 aliphatic rings. The number of carbonyl (C=O) groups excluding carboxylic acids is 1. The van der Waals surface area contributed by atoms with Gasteiger partial charge in [-0.2, -0.15) is 0 Å². The number of nitrogens with two attached hydrogens (primary N) is 1. The molecule has 20 heavy (non-hydrogen) atoms. The van der Waals surface area contributed by atoms with E-state index in [1.807, 2.05) is 0 Å². The van der Waals surface area contributed by atoms with Crippen molar-refractivity contribution in [1.82, 2.24) is 5.32 Å². The van der Waals surface area contributed by atoms with E-state index in [-0.39, 0.29) is 24.2 Å². The maximum absolute atomic E-state index is 14.0. The smallest absolute Gasteiger partial charge is 0.217 e. The maximum Gasteiger partial charge on any atom is 0.217 e. The fraction of sp³-hybridized carbons (Fsp3) is 0.500. The zero-order valence-electron chi connectivity index (χ0n) is 11.5. The van der Waals surface area contributed by atoms with Crippen LogP contribution < -0.4 is 16.0 Å². The molecule has 3 N–H and O–H groups in total. The fourth-order valence-corrected chi connectivity index (χ4v) is 2.57. The molecule has 0 radical (unpaired) electrons. The van der Waals surface area contributed by atoms with Crippen LogP contribution in [0, 0.1) is 11.6 Å². The van der Waals surface area contributed by atoms with Crippen molar-refractivity contribution in [3.05, 3.63) is 29.3 Å². The summed E-state index contributed by atoms with van der Waals surface area (Å²) in [7, 11) is 0. The number of carbonyl (C=O) groups is 1. The van der Waals surface area contributed by atoms with Gasteiger partial charge in [-0.1, -0.05) is 0 Å². The number of piperidine rings is 1. The summed E-state index contributed by atoms with van der Waals surface area (Å²) in [6.45, 7) is 2.61. The largest absolute Gasteiger partial charge is 0.367 e. The summed E-state index contributed by atoms with van der Waals surface area (Å²) in [5.74, 6) is -1.24. The molecule has 0 spiro atoms. The van der Waals surface area contributed by atoms with Crippen LogP contribution >= 0.6 is 0 Å². The Morgan fingerprint density at radius 2 is 1.90 bits per heavy atom. The molecule has 2 rings (SSSR count). The van der Waals surface area contributed by atoms with Gasteiger partial charge in [0, 0.05) is 32.6 Å².